The molecule has 2 heterocycles. The molecule has 0 spiro atoms. The molecule has 1 saturated heterocycles. The van der Waals surface area contributed by atoms with Gasteiger partial charge in [-0.05, 0) is 30.9 Å². The lowest BCUT2D eigenvalue weighted by Crippen LogP contribution is -2.54. The Bertz CT molecular complexity index is 998. The highest BCUT2D eigenvalue weighted by atomic mass is 127. The Labute approximate surface area is 201 Å². The average molecular weight is 559 g/mol. The highest BCUT2D eigenvalue weighted by Crippen LogP contribution is 2.48. The number of hydrogen-bond acceptors (Lipinski definition) is 5. The molecular formula is C21H30IN5O3S. The first-order valence-electron chi connectivity index (χ1n) is 10.3. The molecule has 1 saturated carbocycles. The maximum Gasteiger partial charge on any atom is 0.220 e. The molecule has 0 bridgehead atoms. The number of nitrogens with zero attached hydrogens (tertiary/aromatic N) is 4. The topological polar surface area (TPSA) is 91.0 Å². The van der Waals surface area contributed by atoms with Gasteiger partial charge in [0.05, 0.1) is 5.69 Å². The van der Waals surface area contributed by atoms with Crippen molar-refractivity contribution in [1.82, 2.24) is 19.7 Å². The molecular weight excluding hydrogens is 529 g/mol. The van der Waals surface area contributed by atoms with Crippen molar-refractivity contribution in [3.05, 3.63) is 53.4 Å². The minimum Gasteiger partial charge on any atom is -0.364 e. The van der Waals surface area contributed by atoms with Crippen molar-refractivity contribution in [1.29, 1.82) is 0 Å². The Morgan fingerprint density at radius 2 is 1.90 bits per heavy atom. The van der Waals surface area contributed by atoms with Gasteiger partial charge in [0.2, 0.25) is 10.0 Å². The van der Waals surface area contributed by atoms with Crippen LogP contribution in [0, 0.1) is 6.92 Å². The predicted molar refractivity (Wildman–Crippen MR) is 131 cm³/mol. The van der Waals surface area contributed by atoms with Gasteiger partial charge < -0.3 is 14.7 Å². The van der Waals surface area contributed by atoms with Crippen molar-refractivity contribution in [3.8, 4) is 0 Å². The Morgan fingerprint density at radius 1 is 1.19 bits per heavy atom. The normalized spacial score (nSPS) is 19.0. The molecule has 0 radical (unpaired) electrons. The van der Waals surface area contributed by atoms with Crippen molar-refractivity contribution < 1.29 is 12.9 Å². The van der Waals surface area contributed by atoms with Gasteiger partial charge in [-0.15, -0.1) is 24.0 Å². The summed E-state index contributed by atoms with van der Waals surface area (Å²) in [5, 5.41) is 7.26. The highest BCUT2D eigenvalue weighted by Gasteiger charge is 2.45. The van der Waals surface area contributed by atoms with Gasteiger partial charge in [0.1, 0.15) is 12.0 Å². The average Bonchev–Trinajstić information content (AvgIpc) is 3.36. The van der Waals surface area contributed by atoms with Crippen molar-refractivity contribution >= 4 is 40.0 Å². The Morgan fingerprint density at radius 3 is 2.48 bits per heavy atom. The van der Waals surface area contributed by atoms with E-state index in [2.05, 4.69) is 51.6 Å². The molecule has 1 aromatic carbocycles. The van der Waals surface area contributed by atoms with Gasteiger partial charge in [-0.25, -0.2) is 8.42 Å². The number of benzene rings is 1. The maximum absolute atomic E-state index is 12.6. The molecule has 2 fully saturated rings. The second-order valence-corrected chi connectivity index (χ2v) is 10.1. The second-order valence-electron chi connectivity index (χ2n) is 8.13. The highest BCUT2D eigenvalue weighted by molar-refractivity contribution is 14.0. The van der Waals surface area contributed by atoms with Crippen LogP contribution in [0.5, 0.6) is 0 Å². The van der Waals surface area contributed by atoms with Crippen molar-refractivity contribution in [2.45, 2.75) is 30.9 Å². The maximum atomic E-state index is 12.6. The van der Waals surface area contributed by atoms with Crippen molar-refractivity contribution in [3.63, 3.8) is 0 Å². The van der Waals surface area contributed by atoms with Gasteiger partial charge in [-0.2, -0.15) is 4.31 Å². The fourth-order valence-corrected chi connectivity index (χ4v) is 5.63. The minimum atomic E-state index is -3.40. The zero-order valence-corrected chi connectivity index (χ0v) is 21.1. The predicted octanol–water partition coefficient (Wildman–Crippen LogP) is 2.36. The van der Waals surface area contributed by atoms with Gasteiger partial charge in [0.15, 0.2) is 5.96 Å². The van der Waals surface area contributed by atoms with Crippen LogP contribution in [0.15, 0.2) is 46.1 Å². The van der Waals surface area contributed by atoms with E-state index in [9.17, 15) is 8.42 Å². The lowest BCUT2D eigenvalue weighted by atomic mass is 9.92. The zero-order chi connectivity index (χ0) is 21.2. The number of hydrogen-bond donors (Lipinski definition) is 1. The number of aliphatic imine (C=N–C) groups is 1. The molecule has 31 heavy (non-hydrogen) atoms. The van der Waals surface area contributed by atoms with Crippen LogP contribution < -0.4 is 5.32 Å². The van der Waals surface area contributed by atoms with Crippen LogP contribution in [0.3, 0.4) is 0 Å². The summed E-state index contributed by atoms with van der Waals surface area (Å²) < 4.78 is 31.5. The summed E-state index contributed by atoms with van der Waals surface area (Å²) in [6, 6.07) is 10.2. The van der Waals surface area contributed by atoms with Gasteiger partial charge in [0.25, 0.3) is 0 Å². The summed E-state index contributed by atoms with van der Waals surface area (Å²) in [6.45, 7) is 5.09. The Kier molecular flexibility index (Phi) is 7.63. The number of halogens is 1. The monoisotopic (exact) mass is 559 g/mol. The first-order chi connectivity index (χ1) is 14.4. The first-order valence-corrected chi connectivity index (χ1v) is 11.9. The summed E-state index contributed by atoms with van der Waals surface area (Å²) in [7, 11) is -1.62. The lowest BCUT2D eigenvalue weighted by molar-refractivity contribution is 0.259. The molecule has 0 unspecified atom stereocenters. The second kappa shape index (κ2) is 9.86. The molecule has 1 N–H and O–H groups in total. The molecule has 0 atom stereocenters. The van der Waals surface area contributed by atoms with Gasteiger partial charge in [-0.1, -0.05) is 29.4 Å². The number of aromatic nitrogens is 1. The molecule has 170 valence electrons. The van der Waals surface area contributed by atoms with Crippen LogP contribution in [0.4, 0.5) is 0 Å². The van der Waals surface area contributed by atoms with Crippen LogP contribution in [-0.4, -0.2) is 68.5 Å². The number of rotatable bonds is 6. The lowest BCUT2D eigenvalue weighted by Gasteiger charge is -2.36. The van der Waals surface area contributed by atoms with Crippen LogP contribution in [-0.2, 0) is 21.2 Å². The molecule has 1 aromatic heterocycles. The number of aryl methyl sites for hydroxylation is 1. The van der Waals surface area contributed by atoms with Crippen LogP contribution in [0.1, 0.15) is 29.7 Å². The van der Waals surface area contributed by atoms with Gasteiger partial charge in [-0.3, -0.25) is 4.99 Å². The summed E-state index contributed by atoms with van der Waals surface area (Å²) in [6.07, 6.45) is 3.74. The summed E-state index contributed by atoms with van der Waals surface area (Å²) in [5.74, 6) is 0.707. The van der Waals surface area contributed by atoms with E-state index in [4.69, 9.17) is 4.52 Å². The number of nitrogens with one attached hydrogen (secondary N) is 1. The SMILES string of the molecule is CN=C(NCC1(c2ccccc2C)CC1)N1CCN(S(=O)(=O)Cc2ccon2)CC1.I. The van der Waals surface area contributed by atoms with E-state index in [0.29, 0.717) is 31.9 Å². The number of piperazine rings is 1. The molecule has 1 aliphatic heterocycles. The van der Waals surface area contributed by atoms with E-state index in [1.807, 2.05) is 0 Å². The molecule has 2 aromatic rings. The molecule has 8 nitrogen and oxygen atoms in total. The smallest absolute Gasteiger partial charge is 0.220 e. The van der Waals surface area contributed by atoms with Crippen molar-refractivity contribution in [2.24, 2.45) is 4.99 Å². The van der Waals surface area contributed by atoms with E-state index in [-0.39, 0.29) is 35.1 Å². The van der Waals surface area contributed by atoms with E-state index < -0.39 is 10.0 Å². The van der Waals surface area contributed by atoms with Crippen LogP contribution in [0.2, 0.25) is 0 Å². The van der Waals surface area contributed by atoms with Gasteiger partial charge in [0, 0.05) is 51.3 Å². The van der Waals surface area contributed by atoms with E-state index in [1.165, 1.54) is 34.5 Å². The first kappa shape index (κ1) is 24.0. The van der Waals surface area contributed by atoms with Crippen LogP contribution >= 0.6 is 24.0 Å². The fraction of sp³-hybridized carbons (Fsp3) is 0.524. The Hall–Kier alpha value is -1.66. The third kappa shape index (κ3) is 5.40. The third-order valence-electron chi connectivity index (χ3n) is 6.12. The fourth-order valence-electron chi connectivity index (χ4n) is 4.21. The largest absolute Gasteiger partial charge is 0.364 e. The van der Waals surface area contributed by atoms with Crippen LogP contribution in [0.25, 0.3) is 0 Å². The molecule has 0 amide bonds. The minimum absolute atomic E-state index is 0. The summed E-state index contributed by atoms with van der Waals surface area (Å²) in [4.78, 5) is 6.58. The standard InChI is InChI=1S/C21H29N5O3S.HI/c1-17-5-3-4-6-19(17)21(8-9-21)16-23-20(22-2)25-10-12-26(13-11-25)30(27,28)15-18-7-14-29-24-18;/h3-7,14H,8-13,15-16H2,1-2H3,(H,22,23);1H. The zero-order valence-electron chi connectivity index (χ0n) is 18.0. The van der Waals surface area contributed by atoms with E-state index in [0.717, 1.165) is 12.5 Å². The molecule has 10 heteroatoms. The third-order valence-corrected chi connectivity index (χ3v) is 7.93. The molecule has 4 rings (SSSR count). The Balaban J connectivity index is 0.00000272. The number of sulfonamides is 1. The summed E-state index contributed by atoms with van der Waals surface area (Å²) in [5.41, 5.74) is 3.36. The quantitative estimate of drug-likeness (QED) is 0.332. The molecule has 1 aliphatic carbocycles. The van der Waals surface area contributed by atoms with E-state index in [1.54, 1.807) is 13.1 Å². The van der Waals surface area contributed by atoms with Crippen molar-refractivity contribution in [2.75, 3.05) is 39.8 Å². The van der Waals surface area contributed by atoms with Gasteiger partial charge >= 0.3 is 0 Å². The van der Waals surface area contributed by atoms with E-state index >= 15 is 0 Å². The number of guanidine groups is 1. The summed E-state index contributed by atoms with van der Waals surface area (Å²) >= 11 is 0. The molecule has 2 aliphatic rings.